The Morgan fingerprint density at radius 2 is 2.04 bits per heavy atom. The molecule has 0 amide bonds. The standard InChI is InChI=1S/C21H31N3O3/c1-3-27-20(26)16-10-12-24(13-11-16)21(22-2)23-14-18-17-7-5-4-6-15(17)8-9-19(18)25/h8-9,16,25H,3-7,10-14H2,1-2H3,(H,22,23). The number of aliphatic imine (C=N–C) groups is 1. The SMILES string of the molecule is CCOC(=O)C1CCN(C(=NC)NCc2c(O)ccc3c2CCCC3)CC1. The van der Waals surface area contributed by atoms with E-state index in [-0.39, 0.29) is 11.9 Å². The minimum absolute atomic E-state index is 0.00973. The number of carbonyl (C=O) groups excluding carboxylic acids is 1. The maximum atomic E-state index is 11.9. The number of hydrogen-bond donors (Lipinski definition) is 2. The molecule has 6 heteroatoms. The number of aryl methyl sites for hydroxylation is 1. The molecule has 0 radical (unpaired) electrons. The van der Waals surface area contributed by atoms with E-state index in [1.54, 1.807) is 7.05 Å². The van der Waals surface area contributed by atoms with Crippen molar-refractivity contribution in [3.8, 4) is 5.75 Å². The fraction of sp³-hybridized carbons (Fsp3) is 0.619. The second kappa shape index (κ2) is 9.11. The molecule has 27 heavy (non-hydrogen) atoms. The molecule has 0 saturated carbocycles. The molecule has 0 aromatic heterocycles. The lowest BCUT2D eigenvalue weighted by Crippen LogP contribution is -2.46. The highest BCUT2D eigenvalue weighted by Gasteiger charge is 2.27. The molecule has 2 aliphatic rings. The number of carbonyl (C=O) groups is 1. The van der Waals surface area contributed by atoms with Crippen LogP contribution < -0.4 is 5.32 Å². The maximum absolute atomic E-state index is 11.9. The first-order chi connectivity index (χ1) is 13.1. The molecule has 6 nitrogen and oxygen atoms in total. The first-order valence-electron chi connectivity index (χ1n) is 10.1. The molecule has 1 aliphatic carbocycles. The van der Waals surface area contributed by atoms with Gasteiger partial charge in [0.15, 0.2) is 5.96 Å². The minimum atomic E-state index is -0.0825. The third-order valence-corrected chi connectivity index (χ3v) is 5.68. The molecule has 0 spiro atoms. The van der Waals surface area contributed by atoms with E-state index in [1.165, 1.54) is 24.0 Å². The summed E-state index contributed by atoms with van der Waals surface area (Å²) >= 11 is 0. The fourth-order valence-electron chi connectivity index (χ4n) is 4.18. The van der Waals surface area contributed by atoms with Crippen LogP contribution in [0.5, 0.6) is 5.75 Å². The summed E-state index contributed by atoms with van der Waals surface area (Å²) < 4.78 is 5.14. The van der Waals surface area contributed by atoms with Crippen LogP contribution in [0.4, 0.5) is 0 Å². The van der Waals surface area contributed by atoms with Gasteiger partial charge >= 0.3 is 5.97 Å². The molecule has 1 aromatic carbocycles. The number of fused-ring (bicyclic) bond motifs is 1. The van der Waals surface area contributed by atoms with E-state index in [0.717, 1.165) is 50.3 Å². The van der Waals surface area contributed by atoms with Crippen molar-refractivity contribution in [1.29, 1.82) is 0 Å². The third kappa shape index (κ3) is 4.54. The molecule has 0 unspecified atom stereocenters. The maximum Gasteiger partial charge on any atom is 0.309 e. The van der Waals surface area contributed by atoms with Gasteiger partial charge in [0.1, 0.15) is 5.75 Å². The van der Waals surface area contributed by atoms with E-state index in [9.17, 15) is 9.90 Å². The first kappa shape index (κ1) is 19.5. The number of rotatable bonds is 4. The topological polar surface area (TPSA) is 74.2 Å². The number of aromatic hydroxyl groups is 1. The van der Waals surface area contributed by atoms with E-state index >= 15 is 0 Å². The smallest absolute Gasteiger partial charge is 0.309 e. The quantitative estimate of drug-likeness (QED) is 0.482. The highest BCUT2D eigenvalue weighted by molar-refractivity contribution is 5.80. The van der Waals surface area contributed by atoms with E-state index < -0.39 is 0 Å². The van der Waals surface area contributed by atoms with Gasteiger partial charge in [-0.2, -0.15) is 0 Å². The number of hydrogen-bond acceptors (Lipinski definition) is 4. The van der Waals surface area contributed by atoms with E-state index in [4.69, 9.17) is 4.74 Å². The van der Waals surface area contributed by atoms with Crippen LogP contribution in [-0.2, 0) is 28.9 Å². The van der Waals surface area contributed by atoms with Crippen molar-refractivity contribution in [2.24, 2.45) is 10.9 Å². The zero-order valence-electron chi connectivity index (χ0n) is 16.5. The van der Waals surface area contributed by atoms with E-state index in [0.29, 0.717) is 18.9 Å². The van der Waals surface area contributed by atoms with Crippen LogP contribution in [0.1, 0.15) is 49.3 Å². The van der Waals surface area contributed by atoms with Gasteiger partial charge in [0.2, 0.25) is 0 Å². The largest absolute Gasteiger partial charge is 0.508 e. The normalized spacial score (nSPS) is 18.1. The number of benzene rings is 1. The number of ether oxygens (including phenoxy) is 1. The summed E-state index contributed by atoms with van der Waals surface area (Å²) in [6, 6.07) is 3.87. The Labute approximate surface area is 161 Å². The number of likely N-dealkylation sites (tertiary alicyclic amines) is 1. The summed E-state index contributed by atoms with van der Waals surface area (Å²) in [5, 5.41) is 13.8. The van der Waals surface area contributed by atoms with E-state index in [2.05, 4.69) is 21.3 Å². The van der Waals surface area contributed by atoms with Crippen LogP contribution in [-0.4, -0.2) is 48.7 Å². The summed E-state index contributed by atoms with van der Waals surface area (Å²) in [5.41, 5.74) is 3.65. The molecule has 3 rings (SSSR count). The van der Waals surface area contributed by atoms with Crippen LogP contribution in [0.25, 0.3) is 0 Å². The van der Waals surface area contributed by atoms with Gasteiger partial charge in [-0.3, -0.25) is 9.79 Å². The minimum Gasteiger partial charge on any atom is -0.508 e. The van der Waals surface area contributed by atoms with Gasteiger partial charge in [-0.25, -0.2) is 0 Å². The predicted molar refractivity (Wildman–Crippen MR) is 106 cm³/mol. The molecule has 2 N–H and O–H groups in total. The molecule has 1 heterocycles. The lowest BCUT2D eigenvalue weighted by atomic mass is 9.88. The zero-order valence-corrected chi connectivity index (χ0v) is 16.5. The van der Waals surface area contributed by atoms with Gasteiger partial charge in [0.25, 0.3) is 0 Å². The van der Waals surface area contributed by atoms with Gasteiger partial charge in [-0.05, 0) is 62.6 Å². The van der Waals surface area contributed by atoms with Crippen molar-refractivity contribution in [3.63, 3.8) is 0 Å². The molecular formula is C21H31N3O3. The summed E-state index contributed by atoms with van der Waals surface area (Å²) in [4.78, 5) is 18.5. The molecule has 1 saturated heterocycles. The number of phenolic OH excluding ortho intramolecular Hbond substituents is 1. The van der Waals surface area contributed by atoms with Crippen molar-refractivity contribution in [1.82, 2.24) is 10.2 Å². The fourth-order valence-corrected chi connectivity index (χ4v) is 4.18. The summed E-state index contributed by atoms with van der Waals surface area (Å²) in [6.07, 6.45) is 6.10. The predicted octanol–water partition coefficient (Wildman–Crippen LogP) is 2.62. The average Bonchev–Trinajstić information content (AvgIpc) is 2.70. The molecule has 0 bridgehead atoms. The Hall–Kier alpha value is -2.24. The first-order valence-corrected chi connectivity index (χ1v) is 10.1. The second-order valence-electron chi connectivity index (χ2n) is 7.32. The summed E-state index contributed by atoms with van der Waals surface area (Å²) in [7, 11) is 1.78. The van der Waals surface area contributed by atoms with Gasteiger partial charge < -0.3 is 20.1 Å². The number of piperidine rings is 1. The lowest BCUT2D eigenvalue weighted by molar-refractivity contribution is -0.149. The Kier molecular flexibility index (Phi) is 6.58. The second-order valence-corrected chi connectivity index (χ2v) is 7.32. The van der Waals surface area contributed by atoms with E-state index in [1.807, 2.05) is 13.0 Å². The van der Waals surface area contributed by atoms with Crippen LogP contribution in [0.2, 0.25) is 0 Å². The summed E-state index contributed by atoms with van der Waals surface area (Å²) in [5.74, 6) is 1.09. The Bertz CT molecular complexity index is 694. The van der Waals surface area contributed by atoms with Gasteiger partial charge in [-0.1, -0.05) is 6.07 Å². The lowest BCUT2D eigenvalue weighted by Gasteiger charge is -2.33. The van der Waals surface area contributed by atoms with Crippen molar-refractivity contribution in [2.75, 3.05) is 26.7 Å². The Morgan fingerprint density at radius 1 is 1.30 bits per heavy atom. The van der Waals surface area contributed by atoms with Gasteiger partial charge in [0, 0.05) is 32.2 Å². The number of esters is 1. The van der Waals surface area contributed by atoms with Crippen LogP contribution >= 0.6 is 0 Å². The van der Waals surface area contributed by atoms with Crippen molar-refractivity contribution >= 4 is 11.9 Å². The average molecular weight is 373 g/mol. The van der Waals surface area contributed by atoms with Crippen LogP contribution in [0.15, 0.2) is 17.1 Å². The summed E-state index contributed by atoms with van der Waals surface area (Å²) in [6.45, 7) is 4.41. The third-order valence-electron chi connectivity index (χ3n) is 5.68. The van der Waals surface area contributed by atoms with Crippen LogP contribution in [0, 0.1) is 5.92 Å². The van der Waals surface area contributed by atoms with Crippen molar-refractivity contribution < 1.29 is 14.6 Å². The van der Waals surface area contributed by atoms with Crippen molar-refractivity contribution in [2.45, 2.75) is 52.0 Å². The number of guanidine groups is 1. The number of phenols is 1. The Balaban J connectivity index is 1.60. The number of nitrogens with zero attached hydrogens (tertiary/aromatic N) is 2. The molecule has 1 aromatic rings. The molecule has 0 atom stereocenters. The number of nitrogens with one attached hydrogen (secondary N) is 1. The van der Waals surface area contributed by atoms with Gasteiger partial charge in [0.05, 0.1) is 12.5 Å². The molecular weight excluding hydrogens is 342 g/mol. The Morgan fingerprint density at radius 3 is 2.74 bits per heavy atom. The highest BCUT2D eigenvalue weighted by Crippen LogP contribution is 2.30. The highest BCUT2D eigenvalue weighted by atomic mass is 16.5. The molecule has 148 valence electrons. The monoisotopic (exact) mass is 373 g/mol. The van der Waals surface area contributed by atoms with Gasteiger partial charge in [-0.15, -0.1) is 0 Å². The molecule has 1 fully saturated rings. The zero-order chi connectivity index (χ0) is 19.2. The van der Waals surface area contributed by atoms with Crippen molar-refractivity contribution in [3.05, 3.63) is 28.8 Å². The molecule has 1 aliphatic heterocycles. The van der Waals surface area contributed by atoms with Crippen LogP contribution in [0.3, 0.4) is 0 Å².